The Morgan fingerprint density at radius 2 is 2.12 bits per heavy atom. The van der Waals surface area contributed by atoms with E-state index < -0.39 is 0 Å². The highest BCUT2D eigenvalue weighted by Crippen LogP contribution is 2.36. The first-order valence-corrected chi connectivity index (χ1v) is 7.11. The Morgan fingerprint density at radius 3 is 2.71 bits per heavy atom. The predicted octanol–water partition coefficient (Wildman–Crippen LogP) is 2.24. The minimum absolute atomic E-state index is 0.377. The van der Waals surface area contributed by atoms with Gasteiger partial charge in [0.25, 0.3) is 0 Å². The van der Waals surface area contributed by atoms with Crippen LogP contribution in [0.3, 0.4) is 0 Å². The molecule has 0 atom stereocenters. The summed E-state index contributed by atoms with van der Waals surface area (Å²) in [5.74, 6) is -0.377. The van der Waals surface area contributed by atoms with Crippen LogP contribution in [-0.4, -0.2) is 23.8 Å². The van der Waals surface area contributed by atoms with Gasteiger partial charge in [0.15, 0.2) is 0 Å². The lowest BCUT2D eigenvalue weighted by Crippen LogP contribution is -2.20. The third-order valence-corrected chi connectivity index (χ3v) is 4.68. The quantitative estimate of drug-likeness (QED) is 0.911. The van der Waals surface area contributed by atoms with E-state index in [9.17, 15) is 4.79 Å². The van der Waals surface area contributed by atoms with Crippen molar-refractivity contribution in [2.45, 2.75) is 0 Å². The molecule has 1 aromatic rings. The van der Waals surface area contributed by atoms with E-state index in [1.54, 1.807) is 11.8 Å². The third kappa shape index (κ3) is 2.73. The molecule has 1 aromatic carbocycles. The van der Waals surface area contributed by atoms with Crippen molar-refractivity contribution in [3.05, 3.63) is 45.7 Å². The Balaban J connectivity index is 2.26. The molecular formula is C12H12N2OS2. The van der Waals surface area contributed by atoms with Crippen LogP contribution < -0.4 is 5.73 Å². The molecule has 5 heteroatoms. The van der Waals surface area contributed by atoms with E-state index in [0.29, 0.717) is 12.1 Å². The van der Waals surface area contributed by atoms with Crippen molar-refractivity contribution in [2.75, 3.05) is 12.8 Å². The van der Waals surface area contributed by atoms with E-state index in [1.807, 2.05) is 36.6 Å². The second-order valence-electron chi connectivity index (χ2n) is 3.42. The number of carbonyl (C=O) groups is 1. The minimum atomic E-state index is -0.377. The first-order valence-electron chi connectivity index (χ1n) is 5.07. The number of hydrogen-bond acceptors (Lipinski definition) is 4. The lowest BCUT2D eigenvalue weighted by Gasteiger charge is -2.16. The molecule has 3 nitrogen and oxygen atoms in total. The topological polar surface area (TPSA) is 55.5 Å². The number of benzene rings is 1. The molecule has 2 rings (SSSR count). The molecule has 1 aliphatic rings. The standard InChI is InChI=1S/C12H12N2OS2/c1-16-12-9(10(13)15)7-14-11(17-12)8-5-3-2-4-6-8/h2-6H,7H2,1H3,(H2,13,15). The average Bonchev–Trinajstić information content (AvgIpc) is 2.39. The van der Waals surface area contributed by atoms with Crippen molar-refractivity contribution in [3.63, 3.8) is 0 Å². The van der Waals surface area contributed by atoms with Gasteiger partial charge in [0.05, 0.1) is 16.4 Å². The van der Waals surface area contributed by atoms with Gasteiger partial charge in [-0.1, -0.05) is 42.1 Å². The lowest BCUT2D eigenvalue weighted by atomic mass is 10.2. The smallest absolute Gasteiger partial charge is 0.248 e. The van der Waals surface area contributed by atoms with Gasteiger partial charge in [-0.05, 0) is 6.26 Å². The Bertz CT molecular complexity index is 494. The highest BCUT2D eigenvalue weighted by atomic mass is 32.2. The van der Waals surface area contributed by atoms with Gasteiger partial charge in [-0.2, -0.15) is 0 Å². The van der Waals surface area contributed by atoms with Gasteiger partial charge >= 0.3 is 0 Å². The van der Waals surface area contributed by atoms with Crippen LogP contribution in [0.1, 0.15) is 5.56 Å². The minimum Gasteiger partial charge on any atom is -0.366 e. The van der Waals surface area contributed by atoms with E-state index >= 15 is 0 Å². The van der Waals surface area contributed by atoms with Crippen molar-refractivity contribution < 1.29 is 4.79 Å². The Hall–Kier alpha value is -1.20. The predicted molar refractivity (Wildman–Crippen MR) is 75.2 cm³/mol. The molecule has 0 radical (unpaired) electrons. The zero-order valence-corrected chi connectivity index (χ0v) is 11.0. The molecule has 1 amide bonds. The van der Waals surface area contributed by atoms with Gasteiger partial charge in [-0.15, -0.1) is 11.8 Å². The molecule has 0 aliphatic carbocycles. The van der Waals surface area contributed by atoms with Crippen molar-refractivity contribution in [3.8, 4) is 0 Å². The molecule has 0 saturated heterocycles. The summed E-state index contributed by atoms with van der Waals surface area (Å²) in [6.07, 6.45) is 1.94. The Kier molecular flexibility index (Phi) is 3.91. The first-order chi connectivity index (χ1) is 8.22. The third-order valence-electron chi connectivity index (χ3n) is 2.32. The van der Waals surface area contributed by atoms with Crippen LogP contribution in [-0.2, 0) is 4.79 Å². The molecule has 0 unspecified atom stereocenters. The van der Waals surface area contributed by atoms with Crippen molar-refractivity contribution in [1.82, 2.24) is 0 Å². The van der Waals surface area contributed by atoms with Gasteiger partial charge < -0.3 is 5.73 Å². The van der Waals surface area contributed by atoms with Crippen molar-refractivity contribution >= 4 is 34.5 Å². The van der Waals surface area contributed by atoms with Crippen LogP contribution in [0.15, 0.2) is 45.1 Å². The molecule has 17 heavy (non-hydrogen) atoms. The number of hydrogen-bond donors (Lipinski definition) is 1. The molecule has 88 valence electrons. The molecular weight excluding hydrogens is 252 g/mol. The van der Waals surface area contributed by atoms with Crippen LogP contribution in [0.25, 0.3) is 0 Å². The van der Waals surface area contributed by atoms with E-state index in [1.165, 1.54) is 11.8 Å². The maximum absolute atomic E-state index is 11.2. The Labute approximate surface area is 109 Å². The van der Waals surface area contributed by atoms with Gasteiger partial charge in [0.1, 0.15) is 5.04 Å². The number of rotatable bonds is 3. The summed E-state index contributed by atoms with van der Waals surface area (Å²) < 4.78 is 0.950. The number of nitrogens with zero attached hydrogens (tertiary/aromatic N) is 1. The maximum Gasteiger partial charge on any atom is 0.248 e. The molecule has 0 spiro atoms. The lowest BCUT2D eigenvalue weighted by molar-refractivity contribution is -0.114. The molecule has 0 bridgehead atoms. The second kappa shape index (κ2) is 5.42. The van der Waals surface area contributed by atoms with Crippen molar-refractivity contribution in [2.24, 2.45) is 10.7 Å². The summed E-state index contributed by atoms with van der Waals surface area (Å²) >= 11 is 3.05. The first kappa shape index (κ1) is 12.3. The molecule has 1 heterocycles. The number of carbonyl (C=O) groups excluding carboxylic acids is 1. The fourth-order valence-corrected chi connectivity index (χ4v) is 3.30. The molecule has 0 saturated carbocycles. The monoisotopic (exact) mass is 264 g/mol. The van der Waals surface area contributed by atoms with E-state index in [0.717, 1.165) is 14.8 Å². The zero-order valence-electron chi connectivity index (χ0n) is 9.34. The van der Waals surface area contributed by atoms with Crippen LogP contribution in [0.2, 0.25) is 0 Å². The molecule has 1 aliphatic heterocycles. The molecule has 0 fully saturated rings. The van der Waals surface area contributed by atoms with Crippen LogP contribution in [0.4, 0.5) is 0 Å². The number of primary amides is 1. The second-order valence-corrected chi connectivity index (χ2v) is 5.50. The number of amides is 1. The average molecular weight is 264 g/mol. The highest BCUT2D eigenvalue weighted by molar-refractivity contribution is 8.29. The van der Waals surface area contributed by atoms with Gasteiger partial charge in [-0.3, -0.25) is 9.79 Å². The summed E-state index contributed by atoms with van der Waals surface area (Å²) in [6.45, 7) is 0.378. The molecule has 0 aromatic heterocycles. The summed E-state index contributed by atoms with van der Waals surface area (Å²) in [5.41, 5.74) is 7.01. The molecule has 2 N–H and O–H groups in total. The van der Waals surface area contributed by atoms with Gasteiger partial charge in [-0.25, -0.2) is 0 Å². The summed E-state index contributed by atoms with van der Waals surface area (Å²) in [4.78, 5) is 15.6. The SMILES string of the molecule is CSC1=C(C(N)=O)CN=C(c2ccccc2)S1. The zero-order chi connectivity index (χ0) is 12.3. The summed E-state index contributed by atoms with van der Waals surface area (Å²) in [7, 11) is 0. The number of aliphatic imine (C=N–C) groups is 1. The fraction of sp³-hybridized carbons (Fsp3) is 0.167. The van der Waals surface area contributed by atoms with Crippen LogP contribution >= 0.6 is 23.5 Å². The summed E-state index contributed by atoms with van der Waals surface area (Å²) in [5, 5.41) is 0.944. The van der Waals surface area contributed by atoms with E-state index in [4.69, 9.17) is 5.73 Å². The van der Waals surface area contributed by atoms with Crippen LogP contribution in [0, 0.1) is 0 Å². The largest absolute Gasteiger partial charge is 0.366 e. The maximum atomic E-state index is 11.2. The van der Waals surface area contributed by atoms with Crippen LogP contribution in [0.5, 0.6) is 0 Å². The Morgan fingerprint density at radius 1 is 1.41 bits per heavy atom. The van der Waals surface area contributed by atoms with E-state index in [2.05, 4.69) is 4.99 Å². The van der Waals surface area contributed by atoms with Crippen molar-refractivity contribution in [1.29, 1.82) is 0 Å². The van der Waals surface area contributed by atoms with Gasteiger partial charge in [0, 0.05) is 5.56 Å². The number of nitrogens with two attached hydrogens (primary N) is 1. The fourth-order valence-electron chi connectivity index (χ4n) is 1.47. The number of thioether (sulfide) groups is 2. The van der Waals surface area contributed by atoms with E-state index in [-0.39, 0.29) is 5.91 Å². The normalized spacial score (nSPS) is 15.7. The summed E-state index contributed by atoms with van der Waals surface area (Å²) in [6, 6.07) is 9.95. The van der Waals surface area contributed by atoms with Gasteiger partial charge in [0.2, 0.25) is 5.91 Å². The highest BCUT2D eigenvalue weighted by Gasteiger charge is 2.20.